The summed E-state index contributed by atoms with van der Waals surface area (Å²) in [6.45, 7) is 0. The van der Waals surface area contributed by atoms with E-state index < -0.39 is 5.60 Å². The second kappa shape index (κ2) is 6.66. The van der Waals surface area contributed by atoms with Crippen LogP contribution < -0.4 is 4.74 Å². The maximum atomic E-state index is 12.0. The molecular weight excluding hydrogens is 320 g/mol. The Kier molecular flexibility index (Phi) is 4.19. The second-order valence-electron chi connectivity index (χ2n) is 6.30. The fourth-order valence-electron chi connectivity index (χ4n) is 3.60. The summed E-state index contributed by atoms with van der Waals surface area (Å²) in [5.41, 5.74) is 1.25. The maximum Gasteiger partial charge on any atom is 0.141 e. The Labute approximate surface area is 153 Å². The Morgan fingerprint density at radius 2 is 1.12 bits per heavy atom. The molecule has 0 bridgehead atoms. The molecule has 0 saturated heterocycles. The van der Waals surface area contributed by atoms with Crippen molar-refractivity contribution in [1.82, 2.24) is 0 Å². The van der Waals surface area contributed by atoms with E-state index in [9.17, 15) is 5.11 Å². The molecule has 0 radical (unpaired) electrons. The van der Waals surface area contributed by atoms with Crippen LogP contribution in [0, 0.1) is 0 Å². The van der Waals surface area contributed by atoms with Crippen LogP contribution in [0.2, 0.25) is 0 Å². The Morgan fingerprint density at radius 1 is 0.615 bits per heavy atom. The molecule has 0 aliphatic carbocycles. The Balaban J connectivity index is 2.08. The summed E-state index contributed by atoms with van der Waals surface area (Å²) >= 11 is 0. The van der Waals surface area contributed by atoms with Gasteiger partial charge in [0.1, 0.15) is 11.4 Å². The molecular formula is C24H20O2. The summed E-state index contributed by atoms with van der Waals surface area (Å²) in [5, 5.41) is 14.0. The van der Waals surface area contributed by atoms with E-state index in [1.807, 2.05) is 97.1 Å². The van der Waals surface area contributed by atoms with Crippen LogP contribution in [-0.4, -0.2) is 12.2 Å². The lowest BCUT2D eigenvalue weighted by Crippen LogP contribution is -2.29. The van der Waals surface area contributed by atoms with Crippen molar-refractivity contribution in [1.29, 1.82) is 0 Å². The van der Waals surface area contributed by atoms with Gasteiger partial charge in [-0.3, -0.25) is 0 Å². The van der Waals surface area contributed by atoms with E-state index in [-0.39, 0.29) is 0 Å². The van der Waals surface area contributed by atoms with Crippen LogP contribution in [0.3, 0.4) is 0 Å². The van der Waals surface area contributed by atoms with Crippen molar-refractivity contribution in [2.24, 2.45) is 0 Å². The maximum absolute atomic E-state index is 12.0. The fourth-order valence-corrected chi connectivity index (χ4v) is 3.60. The summed E-state index contributed by atoms with van der Waals surface area (Å²) < 4.78 is 5.52. The summed E-state index contributed by atoms with van der Waals surface area (Å²) in [4.78, 5) is 0. The van der Waals surface area contributed by atoms with E-state index >= 15 is 0 Å². The van der Waals surface area contributed by atoms with Crippen molar-refractivity contribution >= 4 is 10.8 Å². The molecule has 0 saturated carbocycles. The second-order valence-corrected chi connectivity index (χ2v) is 6.30. The fraction of sp³-hybridized carbons (Fsp3) is 0.0833. The molecule has 0 heterocycles. The van der Waals surface area contributed by atoms with Gasteiger partial charge in [0.15, 0.2) is 0 Å². The zero-order chi connectivity index (χ0) is 18.0. The van der Waals surface area contributed by atoms with Crippen LogP contribution in [-0.2, 0) is 5.60 Å². The number of hydrogen-bond donors (Lipinski definition) is 1. The Hall–Kier alpha value is -3.10. The number of methoxy groups -OCH3 is 1. The highest BCUT2D eigenvalue weighted by Crippen LogP contribution is 2.41. The highest BCUT2D eigenvalue weighted by molar-refractivity contribution is 5.92. The number of fused-ring (bicyclic) bond motifs is 1. The van der Waals surface area contributed by atoms with E-state index in [0.29, 0.717) is 0 Å². The van der Waals surface area contributed by atoms with Crippen molar-refractivity contribution in [3.05, 3.63) is 114 Å². The molecule has 4 aromatic carbocycles. The van der Waals surface area contributed by atoms with Gasteiger partial charge in [-0.05, 0) is 22.6 Å². The molecule has 0 spiro atoms. The van der Waals surface area contributed by atoms with Crippen molar-refractivity contribution < 1.29 is 9.84 Å². The van der Waals surface area contributed by atoms with Gasteiger partial charge in [0, 0.05) is 10.9 Å². The van der Waals surface area contributed by atoms with Gasteiger partial charge in [-0.2, -0.15) is 0 Å². The first kappa shape index (κ1) is 16.4. The lowest BCUT2D eigenvalue weighted by Gasteiger charge is -2.31. The number of hydrogen-bond acceptors (Lipinski definition) is 2. The zero-order valence-corrected chi connectivity index (χ0v) is 14.6. The lowest BCUT2D eigenvalue weighted by molar-refractivity contribution is 0.127. The molecule has 4 rings (SSSR count). The van der Waals surface area contributed by atoms with Crippen LogP contribution in [0.1, 0.15) is 16.7 Å². The van der Waals surface area contributed by atoms with Gasteiger partial charge in [-0.1, -0.05) is 91.0 Å². The summed E-state index contributed by atoms with van der Waals surface area (Å²) in [6.07, 6.45) is 0. The molecule has 1 N–H and O–H groups in total. The Morgan fingerprint density at radius 3 is 1.65 bits per heavy atom. The topological polar surface area (TPSA) is 29.5 Å². The predicted octanol–water partition coefficient (Wildman–Crippen LogP) is 5.13. The SMILES string of the molecule is COc1ccc(C(O)(c2ccccc2)c2ccccc2)c2ccccc12. The molecule has 0 aliphatic rings. The van der Waals surface area contributed by atoms with Gasteiger partial charge in [-0.25, -0.2) is 0 Å². The Bertz CT molecular complexity index is 984. The van der Waals surface area contributed by atoms with Crippen molar-refractivity contribution in [2.75, 3.05) is 7.11 Å². The number of aliphatic hydroxyl groups is 1. The molecule has 26 heavy (non-hydrogen) atoms. The van der Waals surface area contributed by atoms with Crippen molar-refractivity contribution in [3.8, 4) is 5.75 Å². The third-order valence-electron chi connectivity index (χ3n) is 4.88. The van der Waals surface area contributed by atoms with E-state index in [0.717, 1.165) is 33.2 Å². The number of rotatable bonds is 4. The summed E-state index contributed by atoms with van der Waals surface area (Å²) in [5.74, 6) is 0.799. The highest BCUT2D eigenvalue weighted by atomic mass is 16.5. The largest absolute Gasteiger partial charge is 0.496 e. The minimum absolute atomic E-state index is 0.799. The quantitative estimate of drug-likeness (QED) is 0.522. The number of benzene rings is 4. The molecule has 0 atom stereocenters. The van der Waals surface area contributed by atoms with Gasteiger partial charge in [-0.15, -0.1) is 0 Å². The summed E-state index contributed by atoms with van der Waals surface area (Å²) in [6, 6.07) is 31.5. The van der Waals surface area contributed by atoms with E-state index in [2.05, 4.69) is 0 Å². The molecule has 2 nitrogen and oxygen atoms in total. The standard InChI is InChI=1S/C24H20O2/c1-26-23-17-16-22(20-14-8-9-15-21(20)23)24(25,18-10-4-2-5-11-18)19-12-6-3-7-13-19/h2-17,25H,1H3. The van der Waals surface area contributed by atoms with Crippen LogP contribution in [0.4, 0.5) is 0 Å². The van der Waals surface area contributed by atoms with Gasteiger partial charge < -0.3 is 9.84 Å². The van der Waals surface area contributed by atoms with E-state index in [1.165, 1.54) is 0 Å². The predicted molar refractivity (Wildman–Crippen MR) is 105 cm³/mol. The number of ether oxygens (including phenoxy) is 1. The third kappa shape index (κ3) is 2.56. The van der Waals surface area contributed by atoms with Gasteiger partial charge >= 0.3 is 0 Å². The molecule has 128 valence electrons. The minimum atomic E-state index is -1.26. The average Bonchev–Trinajstić information content (AvgIpc) is 2.73. The molecule has 0 amide bonds. The van der Waals surface area contributed by atoms with Crippen LogP contribution in [0.5, 0.6) is 5.75 Å². The van der Waals surface area contributed by atoms with Crippen LogP contribution >= 0.6 is 0 Å². The minimum Gasteiger partial charge on any atom is -0.496 e. The monoisotopic (exact) mass is 340 g/mol. The first-order chi connectivity index (χ1) is 12.7. The highest BCUT2D eigenvalue weighted by Gasteiger charge is 2.35. The van der Waals surface area contributed by atoms with E-state index in [4.69, 9.17) is 4.74 Å². The normalized spacial score (nSPS) is 11.5. The smallest absolute Gasteiger partial charge is 0.141 e. The first-order valence-corrected chi connectivity index (χ1v) is 8.65. The molecule has 2 heteroatoms. The molecule has 4 aromatic rings. The van der Waals surface area contributed by atoms with Gasteiger partial charge in [0.25, 0.3) is 0 Å². The average molecular weight is 340 g/mol. The molecule has 0 aliphatic heterocycles. The molecule has 0 aromatic heterocycles. The third-order valence-corrected chi connectivity index (χ3v) is 4.88. The lowest BCUT2D eigenvalue weighted by atomic mass is 9.78. The first-order valence-electron chi connectivity index (χ1n) is 8.65. The van der Waals surface area contributed by atoms with Gasteiger partial charge in [0.05, 0.1) is 7.11 Å². The van der Waals surface area contributed by atoms with Crippen LogP contribution in [0.15, 0.2) is 97.1 Å². The molecule has 0 unspecified atom stereocenters. The zero-order valence-electron chi connectivity index (χ0n) is 14.6. The van der Waals surface area contributed by atoms with E-state index in [1.54, 1.807) is 7.11 Å². The summed E-state index contributed by atoms with van der Waals surface area (Å²) in [7, 11) is 1.67. The van der Waals surface area contributed by atoms with Gasteiger partial charge in [0.2, 0.25) is 0 Å². The van der Waals surface area contributed by atoms with Crippen molar-refractivity contribution in [2.45, 2.75) is 5.60 Å². The molecule has 0 fully saturated rings. The van der Waals surface area contributed by atoms with Crippen molar-refractivity contribution in [3.63, 3.8) is 0 Å². The van der Waals surface area contributed by atoms with Crippen LogP contribution in [0.25, 0.3) is 10.8 Å².